The summed E-state index contributed by atoms with van der Waals surface area (Å²) in [5.41, 5.74) is 4.63. The molecule has 0 aliphatic carbocycles. The summed E-state index contributed by atoms with van der Waals surface area (Å²) in [5, 5.41) is 0. The van der Waals surface area contributed by atoms with E-state index in [1.54, 1.807) is 6.92 Å². The zero-order valence-corrected chi connectivity index (χ0v) is 14.1. The van der Waals surface area contributed by atoms with E-state index in [9.17, 15) is 8.42 Å². The first-order valence-electron chi connectivity index (χ1n) is 7.43. The molecule has 0 aromatic heterocycles. The standard InChI is InChI=1S/C18H22O3S/c1-4-22(19,20)11-10-21-17-12-14(2)18(15(3)13-17)16-8-6-5-7-9-16/h5-9,12-13H,4,10-11H2,1-3H3. The first kappa shape index (κ1) is 16.6. The molecule has 0 N–H and O–H groups in total. The molecule has 0 atom stereocenters. The van der Waals surface area contributed by atoms with E-state index in [1.165, 1.54) is 11.1 Å². The van der Waals surface area contributed by atoms with Crippen LogP contribution in [-0.2, 0) is 9.84 Å². The van der Waals surface area contributed by atoms with Crippen molar-refractivity contribution in [3.05, 3.63) is 53.6 Å². The van der Waals surface area contributed by atoms with Gasteiger partial charge in [-0.25, -0.2) is 8.42 Å². The normalized spacial score (nSPS) is 11.4. The Balaban J connectivity index is 2.17. The molecule has 0 bridgehead atoms. The molecule has 2 aromatic rings. The van der Waals surface area contributed by atoms with E-state index < -0.39 is 9.84 Å². The lowest BCUT2D eigenvalue weighted by molar-refractivity contribution is 0.340. The molecule has 2 rings (SSSR count). The van der Waals surface area contributed by atoms with E-state index in [2.05, 4.69) is 12.1 Å². The van der Waals surface area contributed by atoms with Crippen molar-refractivity contribution in [3.8, 4) is 16.9 Å². The van der Waals surface area contributed by atoms with Crippen LogP contribution in [0.2, 0.25) is 0 Å². The van der Waals surface area contributed by atoms with E-state index in [0.29, 0.717) is 0 Å². The summed E-state index contributed by atoms with van der Waals surface area (Å²) in [7, 11) is -2.99. The molecule has 0 saturated heterocycles. The molecule has 22 heavy (non-hydrogen) atoms. The van der Waals surface area contributed by atoms with Gasteiger partial charge in [-0.2, -0.15) is 0 Å². The summed E-state index contributed by atoms with van der Waals surface area (Å²) >= 11 is 0. The molecular weight excluding hydrogens is 296 g/mol. The van der Waals surface area contributed by atoms with Gasteiger partial charge in [0.25, 0.3) is 0 Å². The van der Waals surface area contributed by atoms with E-state index in [4.69, 9.17) is 4.74 Å². The average Bonchev–Trinajstić information content (AvgIpc) is 2.47. The number of hydrogen-bond acceptors (Lipinski definition) is 3. The molecule has 3 nitrogen and oxygen atoms in total. The summed E-state index contributed by atoms with van der Waals surface area (Å²) in [5.74, 6) is 0.935. The van der Waals surface area contributed by atoms with Crippen molar-refractivity contribution in [2.45, 2.75) is 20.8 Å². The van der Waals surface area contributed by atoms with Crippen molar-refractivity contribution >= 4 is 9.84 Å². The molecule has 0 amide bonds. The minimum absolute atomic E-state index is 0.0576. The highest BCUT2D eigenvalue weighted by molar-refractivity contribution is 7.91. The molecule has 118 valence electrons. The SMILES string of the molecule is CCS(=O)(=O)CCOc1cc(C)c(-c2ccccc2)c(C)c1. The zero-order valence-electron chi connectivity index (χ0n) is 13.3. The van der Waals surface area contributed by atoms with Gasteiger partial charge in [-0.1, -0.05) is 37.3 Å². The van der Waals surface area contributed by atoms with Gasteiger partial charge >= 0.3 is 0 Å². The van der Waals surface area contributed by atoms with E-state index in [0.717, 1.165) is 16.9 Å². The van der Waals surface area contributed by atoms with Crippen molar-refractivity contribution in [1.29, 1.82) is 0 Å². The van der Waals surface area contributed by atoms with Gasteiger partial charge in [-0.15, -0.1) is 0 Å². The first-order valence-corrected chi connectivity index (χ1v) is 9.25. The Kier molecular flexibility index (Phi) is 5.24. The summed E-state index contributed by atoms with van der Waals surface area (Å²) in [6.45, 7) is 5.94. The van der Waals surface area contributed by atoms with Crippen LogP contribution in [0, 0.1) is 13.8 Å². The van der Waals surface area contributed by atoms with Gasteiger partial charge in [0.05, 0.1) is 5.75 Å². The maximum absolute atomic E-state index is 11.5. The summed E-state index contributed by atoms with van der Waals surface area (Å²) in [6.07, 6.45) is 0. The van der Waals surface area contributed by atoms with Crippen molar-refractivity contribution < 1.29 is 13.2 Å². The van der Waals surface area contributed by atoms with Crippen molar-refractivity contribution in [3.63, 3.8) is 0 Å². The highest BCUT2D eigenvalue weighted by Crippen LogP contribution is 2.30. The summed E-state index contributed by atoms with van der Waals surface area (Å²) in [4.78, 5) is 0. The Morgan fingerprint density at radius 2 is 1.59 bits per heavy atom. The zero-order chi connectivity index (χ0) is 16.2. The van der Waals surface area contributed by atoms with Crippen LogP contribution in [0.3, 0.4) is 0 Å². The Labute approximate surface area is 132 Å². The third-order valence-corrected chi connectivity index (χ3v) is 5.34. The van der Waals surface area contributed by atoms with Gasteiger partial charge in [-0.05, 0) is 48.2 Å². The Hall–Kier alpha value is -1.81. The van der Waals surface area contributed by atoms with Crippen molar-refractivity contribution in [2.24, 2.45) is 0 Å². The van der Waals surface area contributed by atoms with Gasteiger partial charge in [0.1, 0.15) is 12.4 Å². The minimum atomic E-state index is -2.99. The van der Waals surface area contributed by atoms with Crippen LogP contribution in [0.4, 0.5) is 0 Å². The monoisotopic (exact) mass is 318 g/mol. The first-order chi connectivity index (χ1) is 10.4. The molecular formula is C18H22O3S. The van der Waals surface area contributed by atoms with Gasteiger partial charge in [0.15, 0.2) is 9.84 Å². The molecule has 0 fully saturated rings. The van der Waals surface area contributed by atoms with Crippen LogP contribution < -0.4 is 4.74 Å². The van der Waals surface area contributed by atoms with Crippen LogP contribution in [0.15, 0.2) is 42.5 Å². The highest BCUT2D eigenvalue weighted by atomic mass is 32.2. The highest BCUT2D eigenvalue weighted by Gasteiger charge is 2.10. The van der Waals surface area contributed by atoms with Gasteiger partial charge < -0.3 is 4.74 Å². The molecule has 0 aliphatic heterocycles. The van der Waals surface area contributed by atoms with Crippen LogP contribution in [0.1, 0.15) is 18.1 Å². The second-order valence-corrected chi connectivity index (χ2v) is 7.86. The fraction of sp³-hybridized carbons (Fsp3) is 0.333. The summed E-state index contributed by atoms with van der Waals surface area (Å²) < 4.78 is 28.6. The molecule has 0 spiro atoms. The van der Waals surface area contributed by atoms with Crippen LogP contribution in [0.5, 0.6) is 5.75 Å². The van der Waals surface area contributed by atoms with Crippen molar-refractivity contribution in [2.75, 3.05) is 18.1 Å². The lowest BCUT2D eigenvalue weighted by Gasteiger charge is -2.14. The number of benzene rings is 2. The average molecular weight is 318 g/mol. The number of sulfone groups is 1. The molecule has 4 heteroatoms. The predicted octanol–water partition coefficient (Wildman–Crippen LogP) is 3.78. The number of ether oxygens (including phenoxy) is 1. The van der Waals surface area contributed by atoms with Crippen molar-refractivity contribution in [1.82, 2.24) is 0 Å². The maximum Gasteiger partial charge on any atom is 0.153 e. The van der Waals surface area contributed by atoms with Crippen LogP contribution in [0.25, 0.3) is 11.1 Å². The van der Waals surface area contributed by atoms with Gasteiger partial charge in [-0.3, -0.25) is 0 Å². The second-order valence-electron chi connectivity index (χ2n) is 5.38. The van der Waals surface area contributed by atoms with Gasteiger partial charge in [0.2, 0.25) is 0 Å². The third-order valence-electron chi connectivity index (χ3n) is 3.67. The molecule has 0 saturated carbocycles. The topological polar surface area (TPSA) is 43.4 Å². The third kappa shape index (κ3) is 4.10. The minimum Gasteiger partial charge on any atom is -0.493 e. The Bertz CT molecular complexity index is 711. The largest absolute Gasteiger partial charge is 0.493 e. The molecule has 0 radical (unpaired) electrons. The van der Waals surface area contributed by atoms with Gasteiger partial charge in [0, 0.05) is 5.75 Å². The number of aryl methyl sites for hydroxylation is 2. The maximum atomic E-state index is 11.5. The lowest BCUT2D eigenvalue weighted by Crippen LogP contribution is -2.15. The number of hydrogen-bond donors (Lipinski definition) is 0. The quantitative estimate of drug-likeness (QED) is 0.814. The number of rotatable bonds is 6. The fourth-order valence-corrected chi connectivity index (χ4v) is 3.12. The summed E-state index contributed by atoms with van der Waals surface area (Å²) in [6, 6.07) is 14.2. The molecule has 2 aromatic carbocycles. The van der Waals surface area contributed by atoms with E-state index in [-0.39, 0.29) is 18.1 Å². The van der Waals surface area contributed by atoms with E-state index in [1.807, 2.05) is 44.2 Å². The van der Waals surface area contributed by atoms with Crippen LogP contribution in [-0.4, -0.2) is 26.5 Å². The fourth-order valence-electron chi connectivity index (χ4n) is 2.50. The Morgan fingerprint density at radius 3 is 2.14 bits per heavy atom. The molecule has 0 heterocycles. The lowest BCUT2D eigenvalue weighted by atomic mass is 9.95. The Morgan fingerprint density at radius 1 is 1.00 bits per heavy atom. The second kappa shape index (κ2) is 6.97. The molecule has 0 aliphatic rings. The van der Waals surface area contributed by atoms with Crippen LogP contribution >= 0.6 is 0 Å². The molecule has 0 unspecified atom stereocenters. The van der Waals surface area contributed by atoms with E-state index >= 15 is 0 Å². The smallest absolute Gasteiger partial charge is 0.153 e. The predicted molar refractivity (Wildman–Crippen MR) is 91.2 cm³/mol.